The summed E-state index contributed by atoms with van der Waals surface area (Å²) in [6, 6.07) is 2.87. The molecule has 102 valence electrons. The number of rotatable bonds is 4. The van der Waals surface area contributed by atoms with Gasteiger partial charge in [-0.1, -0.05) is 29.6 Å². The van der Waals surface area contributed by atoms with Gasteiger partial charge in [-0.2, -0.15) is 0 Å². The second-order valence-corrected chi connectivity index (χ2v) is 5.45. The minimum atomic E-state index is -1.22. The fourth-order valence-electron chi connectivity index (χ4n) is 2.03. The van der Waals surface area contributed by atoms with E-state index in [4.69, 9.17) is 28.3 Å². The zero-order valence-corrected chi connectivity index (χ0v) is 11.6. The van der Waals surface area contributed by atoms with Crippen molar-refractivity contribution in [3.8, 4) is 0 Å². The predicted molar refractivity (Wildman–Crippen MR) is 74.0 cm³/mol. The van der Waals surface area contributed by atoms with E-state index in [0.717, 1.165) is 19.3 Å². The number of hydrogen-bond donors (Lipinski definition) is 2. The average molecular weight is 302 g/mol. The van der Waals surface area contributed by atoms with Crippen molar-refractivity contribution >= 4 is 40.8 Å². The molecule has 4 nitrogen and oxygen atoms in total. The highest BCUT2D eigenvalue weighted by atomic mass is 35.5. The fraction of sp³-hybridized carbons (Fsp3) is 0.385. The Morgan fingerprint density at radius 2 is 1.89 bits per heavy atom. The van der Waals surface area contributed by atoms with Gasteiger partial charge in [0.05, 0.1) is 15.7 Å². The number of anilines is 1. The zero-order valence-electron chi connectivity index (χ0n) is 10.1. The molecular formula is C13H13Cl2NO3. The van der Waals surface area contributed by atoms with Gasteiger partial charge in [0.2, 0.25) is 5.91 Å². The Bertz CT molecular complexity index is 527. The number of carbonyl (C=O) groups is 2. The number of amides is 1. The van der Waals surface area contributed by atoms with Gasteiger partial charge < -0.3 is 10.4 Å². The van der Waals surface area contributed by atoms with E-state index >= 15 is 0 Å². The lowest BCUT2D eigenvalue weighted by Crippen LogP contribution is -2.22. The van der Waals surface area contributed by atoms with E-state index in [9.17, 15) is 9.59 Å². The maximum atomic E-state index is 11.8. The van der Waals surface area contributed by atoms with Crippen LogP contribution >= 0.6 is 23.2 Å². The number of benzene rings is 1. The van der Waals surface area contributed by atoms with Crippen LogP contribution in [-0.4, -0.2) is 17.0 Å². The van der Waals surface area contributed by atoms with Crippen LogP contribution in [0.1, 0.15) is 36.0 Å². The number of carboxylic acids is 1. The molecule has 0 radical (unpaired) electrons. The summed E-state index contributed by atoms with van der Waals surface area (Å²) in [4.78, 5) is 23.0. The van der Waals surface area contributed by atoms with Crippen molar-refractivity contribution in [1.29, 1.82) is 0 Å². The van der Waals surface area contributed by atoms with E-state index in [1.54, 1.807) is 0 Å². The number of nitrogens with one attached hydrogen (secondary N) is 1. The van der Waals surface area contributed by atoms with E-state index in [1.807, 2.05) is 0 Å². The molecule has 1 aliphatic carbocycles. The van der Waals surface area contributed by atoms with Gasteiger partial charge in [-0.3, -0.25) is 4.79 Å². The lowest BCUT2D eigenvalue weighted by Gasteiger charge is -2.24. The van der Waals surface area contributed by atoms with Crippen molar-refractivity contribution in [2.75, 3.05) is 5.32 Å². The first-order valence-corrected chi connectivity index (χ1v) is 6.75. The van der Waals surface area contributed by atoms with Crippen molar-refractivity contribution in [3.05, 3.63) is 27.7 Å². The Balaban J connectivity index is 2.20. The van der Waals surface area contributed by atoms with Crippen LogP contribution in [0.25, 0.3) is 0 Å². The number of hydrogen-bond acceptors (Lipinski definition) is 2. The van der Waals surface area contributed by atoms with Crippen LogP contribution in [0, 0.1) is 5.92 Å². The van der Waals surface area contributed by atoms with E-state index in [0.29, 0.717) is 12.3 Å². The summed E-state index contributed by atoms with van der Waals surface area (Å²) in [7, 11) is 0. The second-order valence-electron chi connectivity index (χ2n) is 4.63. The van der Waals surface area contributed by atoms with Gasteiger partial charge in [0.25, 0.3) is 0 Å². The van der Waals surface area contributed by atoms with Crippen LogP contribution < -0.4 is 5.32 Å². The number of aromatic carboxylic acids is 1. The summed E-state index contributed by atoms with van der Waals surface area (Å²) in [6.07, 6.45) is 3.63. The first kappa shape index (κ1) is 14.2. The molecule has 0 aromatic heterocycles. The Hall–Kier alpha value is -1.26. The highest BCUT2D eigenvalue weighted by Gasteiger charge is 2.23. The number of halogens is 2. The Kier molecular flexibility index (Phi) is 4.32. The van der Waals surface area contributed by atoms with Gasteiger partial charge >= 0.3 is 5.97 Å². The lowest BCUT2D eigenvalue weighted by atomic mass is 9.83. The van der Waals surface area contributed by atoms with Crippen LogP contribution in [0.15, 0.2) is 12.1 Å². The Morgan fingerprint density at radius 1 is 1.26 bits per heavy atom. The van der Waals surface area contributed by atoms with Gasteiger partial charge in [0, 0.05) is 6.42 Å². The third-order valence-corrected chi connectivity index (χ3v) is 3.91. The van der Waals surface area contributed by atoms with Crippen molar-refractivity contribution < 1.29 is 14.7 Å². The summed E-state index contributed by atoms with van der Waals surface area (Å²) >= 11 is 11.8. The first-order valence-electron chi connectivity index (χ1n) is 6.00. The molecule has 1 aliphatic rings. The van der Waals surface area contributed by atoms with E-state index < -0.39 is 5.97 Å². The second kappa shape index (κ2) is 5.80. The largest absolute Gasteiger partial charge is 0.478 e. The molecule has 0 bridgehead atoms. The van der Waals surface area contributed by atoms with Crippen molar-refractivity contribution in [2.45, 2.75) is 25.7 Å². The van der Waals surface area contributed by atoms with Gasteiger partial charge in [-0.15, -0.1) is 0 Å². The molecule has 2 rings (SSSR count). The molecule has 1 amide bonds. The molecule has 1 saturated carbocycles. The average Bonchev–Trinajstić information content (AvgIpc) is 2.28. The summed E-state index contributed by atoms with van der Waals surface area (Å²) in [5.74, 6) is -1.05. The molecule has 0 aliphatic heterocycles. The Labute approximate surface area is 120 Å². The van der Waals surface area contributed by atoms with Crippen LogP contribution in [-0.2, 0) is 4.79 Å². The third-order valence-electron chi connectivity index (χ3n) is 3.28. The topological polar surface area (TPSA) is 66.4 Å². The van der Waals surface area contributed by atoms with Crippen LogP contribution in [0.2, 0.25) is 10.0 Å². The number of carbonyl (C=O) groups excluding carboxylic acids is 1. The van der Waals surface area contributed by atoms with Crippen molar-refractivity contribution in [1.82, 2.24) is 0 Å². The zero-order chi connectivity index (χ0) is 14.0. The standard InChI is InChI=1S/C13H13Cl2NO3/c14-8-4-5-9(15)12(11(8)13(18)19)16-10(17)6-7-2-1-3-7/h4-5,7H,1-3,6H2,(H,16,17)(H,18,19). The third kappa shape index (κ3) is 3.19. The molecule has 0 spiro atoms. The van der Waals surface area contributed by atoms with Gasteiger partial charge in [-0.05, 0) is 30.9 Å². The SMILES string of the molecule is O=C(CC1CCC1)Nc1c(Cl)ccc(Cl)c1C(=O)O. The van der Waals surface area contributed by atoms with Crippen LogP contribution in [0.4, 0.5) is 5.69 Å². The van der Waals surface area contributed by atoms with E-state index in [-0.39, 0.29) is 27.2 Å². The van der Waals surface area contributed by atoms with Crippen LogP contribution in [0.3, 0.4) is 0 Å². The molecule has 2 N–H and O–H groups in total. The summed E-state index contributed by atoms with van der Waals surface area (Å²) < 4.78 is 0. The predicted octanol–water partition coefficient (Wildman–Crippen LogP) is 3.82. The van der Waals surface area contributed by atoms with Gasteiger partial charge in [-0.25, -0.2) is 4.79 Å². The normalized spacial score (nSPS) is 14.8. The molecule has 0 heterocycles. The highest BCUT2D eigenvalue weighted by Crippen LogP contribution is 2.33. The molecule has 1 aromatic carbocycles. The smallest absolute Gasteiger partial charge is 0.339 e. The maximum absolute atomic E-state index is 11.8. The molecule has 1 aromatic rings. The molecular weight excluding hydrogens is 289 g/mol. The fourth-order valence-corrected chi connectivity index (χ4v) is 2.48. The minimum Gasteiger partial charge on any atom is -0.478 e. The minimum absolute atomic E-state index is 0.0517. The van der Waals surface area contributed by atoms with Crippen molar-refractivity contribution in [3.63, 3.8) is 0 Å². The monoisotopic (exact) mass is 301 g/mol. The molecule has 0 saturated heterocycles. The van der Waals surface area contributed by atoms with E-state index in [1.165, 1.54) is 12.1 Å². The van der Waals surface area contributed by atoms with E-state index in [2.05, 4.69) is 5.32 Å². The van der Waals surface area contributed by atoms with Crippen LogP contribution in [0.5, 0.6) is 0 Å². The highest BCUT2D eigenvalue weighted by molar-refractivity contribution is 6.38. The first-order chi connectivity index (χ1) is 8.99. The summed E-state index contributed by atoms with van der Waals surface area (Å²) in [6.45, 7) is 0. The van der Waals surface area contributed by atoms with Gasteiger partial charge in [0.1, 0.15) is 5.56 Å². The molecule has 0 unspecified atom stereocenters. The molecule has 0 atom stereocenters. The molecule has 1 fully saturated rings. The molecule has 19 heavy (non-hydrogen) atoms. The maximum Gasteiger partial charge on any atom is 0.339 e. The lowest BCUT2D eigenvalue weighted by molar-refractivity contribution is -0.117. The summed E-state index contributed by atoms with van der Waals surface area (Å²) in [5, 5.41) is 11.9. The van der Waals surface area contributed by atoms with Gasteiger partial charge in [0.15, 0.2) is 0 Å². The number of carboxylic acid groups (broad SMARTS) is 1. The summed E-state index contributed by atoms with van der Waals surface area (Å²) in [5.41, 5.74) is -0.0953. The molecule has 6 heteroatoms. The Morgan fingerprint density at radius 3 is 2.42 bits per heavy atom. The van der Waals surface area contributed by atoms with Crippen molar-refractivity contribution in [2.24, 2.45) is 5.92 Å². The quantitative estimate of drug-likeness (QED) is 0.888.